The van der Waals surface area contributed by atoms with Gasteiger partial charge in [-0.2, -0.15) is 0 Å². The molecule has 0 N–H and O–H groups in total. The lowest BCUT2D eigenvalue weighted by Gasteiger charge is -2.20. The van der Waals surface area contributed by atoms with Gasteiger partial charge in [-0.25, -0.2) is 8.42 Å². The number of rotatable bonds is 6. The van der Waals surface area contributed by atoms with Crippen LogP contribution in [0, 0.1) is 11.8 Å². The van der Waals surface area contributed by atoms with Gasteiger partial charge in [0.2, 0.25) is 0 Å². The van der Waals surface area contributed by atoms with Crippen LogP contribution in [-0.4, -0.2) is 25.3 Å². The SMILES string of the molecule is CCS(=O)(=O)CCC(CBr)C1CCCC1. The lowest BCUT2D eigenvalue weighted by molar-refractivity contribution is 0.365. The minimum absolute atomic E-state index is 0.284. The fraction of sp³-hybridized carbons (Fsp3) is 1.00. The van der Waals surface area contributed by atoms with Gasteiger partial charge in [-0.1, -0.05) is 48.5 Å². The van der Waals surface area contributed by atoms with E-state index in [0.29, 0.717) is 11.7 Å². The highest BCUT2D eigenvalue weighted by Gasteiger charge is 2.25. The van der Waals surface area contributed by atoms with Gasteiger partial charge in [-0.15, -0.1) is 0 Å². The molecule has 0 aromatic rings. The molecule has 0 saturated heterocycles. The minimum atomic E-state index is -2.78. The van der Waals surface area contributed by atoms with Crippen LogP contribution in [0.4, 0.5) is 0 Å². The molecule has 0 radical (unpaired) electrons. The molecule has 1 aliphatic rings. The summed E-state index contributed by atoms with van der Waals surface area (Å²) in [5.41, 5.74) is 0. The molecular formula is C11H21BrO2S. The predicted octanol–water partition coefficient (Wildman–Crippen LogP) is 3.01. The summed E-state index contributed by atoms with van der Waals surface area (Å²) in [6.45, 7) is 1.73. The number of halogens is 1. The monoisotopic (exact) mass is 296 g/mol. The van der Waals surface area contributed by atoms with Crippen LogP contribution in [0.25, 0.3) is 0 Å². The molecule has 1 saturated carbocycles. The van der Waals surface area contributed by atoms with Crippen molar-refractivity contribution in [1.82, 2.24) is 0 Å². The van der Waals surface area contributed by atoms with Crippen molar-refractivity contribution in [3.63, 3.8) is 0 Å². The van der Waals surface area contributed by atoms with E-state index >= 15 is 0 Å². The lowest BCUT2D eigenvalue weighted by atomic mass is 9.90. The first kappa shape index (κ1) is 13.5. The first-order chi connectivity index (χ1) is 7.09. The third-order valence-corrected chi connectivity index (χ3v) is 6.07. The highest BCUT2D eigenvalue weighted by atomic mass is 79.9. The highest BCUT2D eigenvalue weighted by molar-refractivity contribution is 9.09. The molecule has 0 heterocycles. The molecule has 0 bridgehead atoms. The van der Waals surface area contributed by atoms with Crippen molar-refractivity contribution >= 4 is 25.8 Å². The Kier molecular flexibility index (Phi) is 5.61. The molecule has 1 unspecified atom stereocenters. The number of alkyl halides is 1. The quantitative estimate of drug-likeness (QED) is 0.706. The standard InChI is InChI=1S/C11H21BrO2S/c1-2-15(13,14)8-7-11(9-12)10-5-3-4-6-10/h10-11H,2-9H2,1H3. The fourth-order valence-electron chi connectivity index (χ4n) is 2.34. The summed E-state index contributed by atoms with van der Waals surface area (Å²) in [4.78, 5) is 0. The summed E-state index contributed by atoms with van der Waals surface area (Å²) in [6, 6.07) is 0. The first-order valence-corrected chi connectivity index (χ1v) is 8.79. The van der Waals surface area contributed by atoms with E-state index in [-0.39, 0.29) is 5.75 Å². The summed E-state index contributed by atoms with van der Waals surface area (Å²) < 4.78 is 22.8. The number of hydrogen-bond donors (Lipinski definition) is 0. The molecule has 0 aromatic carbocycles. The van der Waals surface area contributed by atoms with E-state index in [1.54, 1.807) is 6.92 Å². The van der Waals surface area contributed by atoms with Crippen LogP contribution in [0.15, 0.2) is 0 Å². The second kappa shape index (κ2) is 6.24. The van der Waals surface area contributed by atoms with E-state index < -0.39 is 9.84 Å². The molecule has 1 rings (SSSR count). The molecule has 0 spiro atoms. The van der Waals surface area contributed by atoms with Crippen LogP contribution in [0.3, 0.4) is 0 Å². The zero-order chi connectivity index (χ0) is 11.3. The molecule has 1 aliphatic carbocycles. The summed E-state index contributed by atoms with van der Waals surface area (Å²) in [6.07, 6.45) is 6.08. The number of sulfone groups is 1. The van der Waals surface area contributed by atoms with E-state index in [4.69, 9.17) is 0 Å². The number of hydrogen-bond acceptors (Lipinski definition) is 2. The molecule has 0 aromatic heterocycles. The van der Waals surface area contributed by atoms with Crippen molar-refractivity contribution < 1.29 is 8.42 Å². The Hall–Kier alpha value is 0.430. The minimum Gasteiger partial charge on any atom is -0.229 e. The average Bonchev–Trinajstić information content (AvgIpc) is 2.72. The molecule has 2 nitrogen and oxygen atoms in total. The van der Waals surface area contributed by atoms with Crippen molar-refractivity contribution in [3.8, 4) is 0 Å². The van der Waals surface area contributed by atoms with E-state index in [1.807, 2.05) is 0 Å². The van der Waals surface area contributed by atoms with Crippen LogP contribution in [0.5, 0.6) is 0 Å². The largest absolute Gasteiger partial charge is 0.229 e. The van der Waals surface area contributed by atoms with E-state index in [2.05, 4.69) is 15.9 Å². The lowest BCUT2D eigenvalue weighted by Crippen LogP contribution is -2.19. The maximum atomic E-state index is 11.4. The molecule has 1 fully saturated rings. The van der Waals surface area contributed by atoms with Gasteiger partial charge >= 0.3 is 0 Å². The van der Waals surface area contributed by atoms with E-state index in [0.717, 1.165) is 17.7 Å². The fourth-order valence-corrected chi connectivity index (χ4v) is 4.15. The van der Waals surface area contributed by atoms with Crippen molar-refractivity contribution in [2.24, 2.45) is 11.8 Å². The molecule has 0 amide bonds. The Morgan fingerprint density at radius 1 is 1.33 bits per heavy atom. The van der Waals surface area contributed by atoms with E-state index in [9.17, 15) is 8.42 Å². The van der Waals surface area contributed by atoms with Crippen LogP contribution in [0.2, 0.25) is 0 Å². The maximum absolute atomic E-state index is 11.4. The first-order valence-electron chi connectivity index (χ1n) is 5.85. The van der Waals surface area contributed by atoms with Crippen LogP contribution >= 0.6 is 15.9 Å². The summed E-state index contributed by atoms with van der Waals surface area (Å²) in [5, 5.41) is 0.955. The second-order valence-corrected chi connectivity index (χ2v) is 7.60. The Morgan fingerprint density at radius 2 is 1.93 bits per heavy atom. The third kappa shape index (κ3) is 4.43. The summed E-state index contributed by atoms with van der Waals surface area (Å²) in [5.74, 6) is 1.98. The van der Waals surface area contributed by atoms with Crippen molar-refractivity contribution in [3.05, 3.63) is 0 Å². The topological polar surface area (TPSA) is 34.1 Å². The zero-order valence-electron chi connectivity index (χ0n) is 9.41. The molecule has 90 valence electrons. The van der Waals surface area contributed by atoms with Crippen LogP contribution in [0.1, 0.15) is 39.0 Å². The van der Waals surface area contributed by atoms with Gasteiger partial charge in [0.15, 0.2) is 0 Å². The molecule has 1 atom stereocenters. The van der Waals surface area contributed by atoms with Gasteiger partial charge in [0.05, 0.1) is 5.75 Å². The maximum Gasteiger partial charge on any atom is 0.150 e. The van der Waals surface area contributed by atoms with Crippen LogP contribution < -0.4 is 0 Å². The van der Waals surface area contributed by atoms with Gasteiger partial charge in [-0.3, -0.25) is 0 Å². The normalized spacial score (nSPS) is 20.7. The van der Waals surface area contributed by atoms with Gasteiger partial charge in [0.25, 0.3) is 0 Å². The summed E-state index contributed by atoms with van der Waals surface area (Å²) in [7, 11) is -2.78. The van der Waals surface area contributed by atoms with Crippen molar-refractivity contribution in [1.29, 1.82) is 0 Å². The molecule has 0 aliphatic heterocycles. The predicted molar refractivity (Wildman–Crippen MR) is 68.2 cm³/mol. The van der Waals surface area contributed by atoms with E-state index in [1.165, 1.54) is 25.7 Å². The average molecular weight is 297 g/mol. The molecule has 4 heteroatoms. The third-order valence-electron chi connectivity index (χ3n) is 3.50. The second-order valence-electron chi connectivity index (χ2n) is 4.48. The van der Waals surface area contributed by atoms with Gasteiger partial charge in [0.1, 0.15) is 9.84 Å². The Morgan fingerprint density at radius 3 is 2.40 bits per heavy atom. The zero-order valence-corrected chi connectivity index (χ0v) is 11.8. The highest BCUT2D eigenvalue weighted by Crippen LogP contribution is 2.34. The van der Waals surface area contributed by atoms with Crippen molar-refractivity contribution in [2.45, 2.75) is 39.0 Å². The Balaban J connectivity index is 2.40. The summed E-state index contributed by atoms with van der Waals surface area (Å²) >= 11 is 3.52. The van der Waals surface area contributed by atoms with Gasteiger partial charge in [-0.05, 0) is 18.3 Å². The van der Waals surface area contributed by atoms with Gasteiger partial charge in [0, 0.05) is 11.1 Å². The van der Waals surface area contributed by atoms with Crippen molar-refractivity contribution in [2.75, 3.05) is 16.8 Å². The van der Waals surface area contributed by atoms with Gasteiger partial charge < -0.3 is 0 Å². The molecular weight excluding hydrogens is 276 g/mol. The molecule has 15 heavy (non-hydrogen) atoms. The Labute approximate surface area is 102 Å². The van der Waals surface area contributed by atoms with Crippen LogP contribution in [-0.2, 0) is 9.84 Å². The smallest absolute Gasteiger partial charge is 0.150 e. The Bertz CT molecular complexity index is 268.